The minimum Gasteiger partial charge on any atom is -0.447 e. The Balaban J connectivity index is 1.38. The van der Waals surface area contributed by atoms with E-state index in [0.29, 0.717) is 30.9 Å². The molecule has 0 saturated carbocycles. The van der Waals surface area contributed by atoms with Gasteiger partial charge in [0.25, 0.3) is 0 Å². The molecule has 2 N–H and O–H groups in total. The van der Waals surface area contributed by atoms with E-state index in [4.69, 9.17) is 16.3 Å². The van der Waals surface area contributed by atoms with Crippen LogP contribution in [-0.2, 0) is 20.7 Å². The highest BCUT2D eigenvalue weighted by molar-refractivity contribution is 6.31. The summed E-state index contributed by atoms with van der Waals surface area (Å²) in [5.41, 5.74) is 0.534. The van der Waals surface area contributed by atoms with Gasteiger partial charge < -0.3 is 19.9 Å². The molecule has 2 atom stereocenters. The Kier molecular flexibility index (Phi) is 10.5. The molecule has 41 heavy (non-hydrogen) atoms. The minimum atomic E-state index is -0.715. The second kappa shape index (κ2) is 14.2. The Morgan fingerprint density at radius 3 is 2.76 bits per heavy atom. The number of carbonyl (C=O) groups is 3. The van der Waals surface area contributed by atoms with Gasteiger partial charge >= 0.3 is 6.09 Å². The number of aryl methyl sites for hydroxylation is 1. The van der Waals surface area contributed by atoms with Crippen LogP contribution < -0.4 is 10.6 Å². The number of halogens is 2. The molecule has 1 fully saturated rings. The van der Waals surface area contributed by atoms with Gasteiger partial charge in [0.05, 0.1) is 11.1 Å². The number of rotatable bonds is 10. The van der Waals surface area contributed by atoms with Crippen molar-refractivity contribution in [1.29, 1.82) is 0 Å². The molecule has 2 heterocycles. The normalized spacial score (nSPS) is 15.8. The van der Waals surface area contributed by atoms with E-state index in [1.54, 1.807) is 31.4 Å². The van der Waals surface area contributed by atoms with Crippen molar-refractivity contribution in [2.75, 3.05) is 38.6 Å². The van der Waals surface area contributed by atoms with Crippen LogP contribution in [0.1, 0.15) is 31.7 Å². The van der Waals surface area contributed by atoms with Gasteiger partial charge in [-0.15, -0.1) is 0 Å². The van der Waals surface area contributed by atoms with Crippen molar-refractivity contribution in [2.45, 2.75) is 44.7 Å². The average Bonchev–Trinajstić information content (AvgIpc) is 2.97. The topological polar surface area (TPSA) is 104 Å². The van der Waals surface area contributed by atoms with Crippen LogP contribution in [0, 0.1) is 5.82 Å². The predicted octanol–water partition coefficient (Wildman–Crippen LogP) is 4.64. The standard InChI is InChI=1S/C30H35ClFN5O4/c1-20-18-37(15-14-33-20)28(39)13-11-24(36(2)27(38)12-10-21-8-5-9-25(32)29(21)31)19-41-30(40)35-26-16-22-6-3-4-7-23(22)17-34-26/h3-9,16-17,20,24,33H,10-15,18-19H2,1-2H3,(H,34,35,40)/t20-,24-/m0/s1. The third-order valence-corrected chi connectivity index (χ3v) is 7.68. The Labute approximate surface area is 244 Å². The van der Waals surface area contributed by atoms with Gasteiger partial charge in [0.1, 0.15) is 18.2 Å². The Morgan fingerprint density at radius 2 is 1.98 bits per heavy atom. The summed E-state index contributed by atoms with van der Waals surface area (Å²) in [6.07, 6.45) is 1.77. The molecular weight excluding hydrogens is 549 g/mol. The highest BCUT2D eigenvalue weighted by Crippen LogP contribution is 2.22. The summed E-state index contributed by atoms with van der Waals surface area (Å²) < 4.78 is 19.3. The number of anilines is 1. The second-order valence-corrected chi connectivity index (χ2v) is 10.6. The first-order valence-corrected chi connectivity index (χ1v) is 14.1. The number of aromatic nitrogens is 1. The maximum atomic E-state index is 13.8. The van der Waals surface area contributed by atoms with Gasteiger partial charge in [-0.25, -0.2) is 14.2 Å². The van der Waals surface area contributed by atoms with E-state index in [-0.39, 0.29) is 48.7 Å². The van der Waals surface area contributed by atoms with Crippen LogP contribution in [-0.4, -0.2) is 78.1 Å². The van der Waals surface area contributed by atoms with Crippen LogP contribution in [0.15, 0.2) is 54.7 Å². The van der Waals surface area contributed by atoms with E-state index in [9.17, 15) is 18.8 Å². The first-order chi connectivity index (χ1) is 19.7. The number of amides is 3. The third-order valence-electron chi connectivity index (χ3n) is 7.26. The zero-order valence-electron chi connectivity index (χ0n) is 23.2. The predicted molar refractivity (Wildman–Crippen MR) is 156 cm³/mol. The number of pyridine rings is 1. The van der Waals surface area contributed by atoms with Crippen molar-refractivity contribution in [3.8, 4) is 0 Å². The van der Waals surface area contributed by atoms with Crippen LogP contribution in [0.25, 0.3) is 10.8 Å². The van der Waals surface area contributed by atoms with Crippen LogP contribution >= 0.6 is 11.6 Å². The minimum absolute atomic E-state index is 0.00217. The van der Waals surface area contributed by atoms with Crippen molar-refractivity contribution in [3.05, 3.63) is 71.1 Å². The quantitative estimate of drug-likeness (QED) is 0.360. The third kappa shape index (κ3) is 8.37. The molecule has 0 aliphatic carbocycles. The van der Waals surface area contributed by atoms with Gasteiger partial charge in [-0.3, -0.25) is 14.9 Å². The highest BCUT2D eigenvalue weighted by Gasteiger charge is 2.26. The highest BCUT2D eigenvalue weighted by atomic mass is 35.5. The summed E-state index contributed by atoms with van der Waals surface area (Å²) in [5, 5.41) is 7.80. The van der Waals surface area contributed by atoms with E-state index in [1.807, 2.05) is 36.1 Å². The van der Waals surface area contributed by atoms with Gasteiger partial charge in [-0.05, 0) is 42.8 Å². The van der Waals surface area contributed by atoms with Crippen molar-refractivity contribution < 1.29 is 23.5 Å². The summed E-state index contributed by atoms with van der Waals surface area (Å²) in [4.78, 5) is 46.2. The Bertz CT molecular complexity index is 1390. The van der Waals surface area contributed by atoms with Crippen molar-refractivity contribution in [2.24, 2.45) is 0 Å². The number of carbonyl (C=O) groups excluding carboxylic acids is 3. The van der Waals surface area contributed by atoms with E-state index >= 15 is 0 Å². The number of nitrogens with zero attached hydrogens (tertiary/aromatic N) is 3. The molecule has 2 aromatic carbocycles. The van der Waals surface area contributed by atoms with Crippen molar-refractivity contribution in [3.63, 3.8) is 0 Å². The molecule has 3 aromatic rings. The summed E-state index contributed by atoms with van der Waals surface area (Å²) in [6, 6.07) is 13.5. The zero-order chi connectivity index (χ0) is 29.4. The van der Waals surface area contributed by atoms with Gasteiger partial charge in [0, 0.05) is 57.1 Å². The van der Waals surface area contributed by atoms with Crippen LogP contribution in [0.5, 0.6) is 0 Å². The molecule has 1 aromatic heterocycles. The number of ether oxygens (including phenoxy) is 1. The maximum absolute atomic E-state index is 13.8. The lowest BCUT2D eigenvalue weighted by molar-refractivity contribution is -0.136. The molecule has 0 radical (unpaired) electrons. The summed E-state index contributed by atoms with van der Waals surface area (Å²) in [6.45, 7) is 3.87. The number of hydrogen-bond acceptors (Lipinski definition) is 6. The number of benzene rings is 2. The molecule has 9 nitrogen and oxygen atoms in total. The lowest BCUT2D eigenvalue weighted by atomic mass is 10.1. The molecule has 3 amide bonds. The SMILES string of the molecule is C[C@H]1CN(C(=O)CC[C@@H](COC(=O)Nc2cc3ccccc3cn2)N(C)C(=O)CCc2cccc(F)c2Cl)CCN1. The fraction of sp³-hybridized carbons (Fsp3) is 0.400. The molecular formula is C30H35ClFN5O4. The first-order valence-electron chi connectivity index (χ1n) is 13.7. The number of hydrogen-bond donors (Lipinski definition) is 2. The van der Waals surface area contributed by atoms with E-state index in [2.05, 4.69) is 15.6 Å². The molecule has 218 valence electrons. The Hall–Kier alpha value is -3.76. The fourth-order valence-electron chi connectivity index (χ4n) is 4.82. The molecule has 0 spiro atoms. The smallest absolute Gasteiger partial charge is 0.412 e. The zero-order valence-corrected chi connectivity index (χ0v) is 24.0. The summed E-state index contributed by atoms with van der Waals surface area (Å²) in [5.74, 6) is -0.451. The number of piperazine rings is 1. The van der Waals surface area contributed by atoms with E-state index < -0.39 is 18.0 Å². The van der Waals surface area contributed by atoms with Crippen molar-refractivity contribution in [1.82, 2.24) is 20.1 Å². The van der Waals surface area contributed by atoms with Crippen LogP contribution in [0.2, 0.25) is 5.02 Å². The van der Waals surface area contributed by atoms with Crippen LogP contribution in [0.3, 0.4) is 0 Å². The first kappa shape index (κ1) is 30.2. The molecule has 1 aliphatic heterocycles. The average molecular weight is 584 g/mol. The van der Waals surface area contributed by atoms with Gasteiger partial charge in [-0.1, -0.05) is 48.0 Å². The molecule has 4 rings (SSSR count). The van der Waals surface area contributed by atoms with Gasteiger partial charge in [0.2, 0.25) is 11.8 Å². The maximum Gasteiger partial charge on any atom is 0.412 e. The fourth-order valence-corrected chi connectivity index (χ4v) is 5.04. The number of nitrogens with one attached hydrogen (secondary N) is 2. The van der Waals surface area contributed by atoms with E-state index in [1.165, 1.54) is 11.0 Å². The molecule has 1 aliphatic rings. The lowest BCUT2D eigenvalue weighted by Crippen LogP contribution is -2.51. The second-order valence-electron chi connectivity index (χ2n) is 10.2. The summed E-state index contributed by atoms with van der Waals surface area (Å²) >= 11 is 6.05. The van der Waals surface area contributed by atoms with E-state index in [0.717, 1.165) is 17.3 Å². The van der Waals surface area contributed by atoms with Crippen molar-refractivity contribution >= 4 is 46.1 Å². The lowest BCUT2D eigenvalue weighted by Gasteiger charge is -2.33. The molecule has 1 saturated heterocycles. The molecule has 0 bridgehead atoms. The van der Waals surface area contributed by atoms with Gasteiger partial charge in [0.15, 0.2) is 0 Å². The monoisotopic (exact) mass is 583 g/mol. The largest absolute Gasteiger partial charge is 0.447 e. The Morgan fingerprint density at radius 1 is 1.20 bits per heavy atom. The molecule has 11 heteroatoms. The summed E-state index contributed by atoms with van der Waals surface area (Å²) in [7, 11) is 1.61. The number of fused-ring (bicyclic) bond motifs is 1. The molecule has 0 unspecified atom stereocenters. The van der Waals surface area contributed by atoms with Crippen LogP contribution in [0.4, 0.5) is 15.0 Å². The van der Waals surface area contributed by atoms with Gasteiger partial charge in [-0.2, -0.15) is 0 Å². The number of likely N-dealkylation sites (N-methyl/N-ethyl adjacent to an activating group) is 1.